The molecule has 0 fully saturated rings. The molecule has 150 valence electrons. The third-order valence-corrected chi connectivity index (χ3v) is 4.95. The Labute approximate surface area is 171 Å². The van der Waals surface area contributed by atoms with Crippen molar-refractivity contribution in [3.8, 4) is 22.9 Å². The Kier molecular flexibility index (Phi) is 5.37. The van der Waals surface area contributed by atoms with Gasteiger partial charge in [0, 0.05) is 10.5 Å². The number of benzene rings is 2. The number of ether oxygens (including phenoxy) is 3. The first kappa shape index (κ1) is 19.2. The zero-order chi connectivity index (χ0) is 20.4. The van der Waals surface area contributed by atoms with Gasteiger partial charge in [0.05, 0.1) is 25.3 Å². The molecule has 0 bridgehead atoms. The average molecular weight is 416 g/mol. The highest BCUT2D eigenvalue weighted by atomic mass is 35.5. The van der Waals surface area contributed by atoms with Gasteiger partial charge in [-0.1, -0.05) is 41.9 Å². The van der Waals surface area contributed by atoms with E-state index in [0.29, 0.717) is 30.5 Å². The second kappa shape index (κ2) is 8.10. The molecule has 8 nitrogen and oxygen atoms in total. The van der Waals surface area contributed by atoms with Crippen LogP contribution < -0.4 is 9.47 Å². The third-order valence-electron chi connectivity index (χ3n) is 4.64. The molecule has 0 saturated carbocycles. The molecular formula is C20H18ClN3O5. The molecule has 9 heteroatoms. The molecule has 2 aromatic carbocycles. The molecule has 0 saturated heterocycles. The Morgan fingerprint density at radius 3 is 2.83 bits per heavy atom. The summed E-state index contributed by atoms with van der Waals surface area (Å²) in [5.41, 5.74) is 2.79. The van der Waals surface area contributed by atoms with E-state index >= 15 is 0 Å². The monoisotopic (exact) mass is 415 g/mol. The van der Waals surface area contributed by atoms with Crippen molar-refractivity contribution in [2.24, 2.45) is 0 Å². The lowest BCUT2D eigenvalue weighted by Crippen LogP contribution is -2.32. The molecule has 2 heterocycles. The van der Waals surface area contributed by atoms with Gasteiger partial charge in [-0.25, -0.2) is 0 Å². The van der Waals surface area contributed by atoms with Gasteiger partial charge < -0.3 is 24.3 Å². The standard InChI is InChI=1S/C20H18ClN3O5/c1-27-17-4-2-3-16(21)19(17)14-7-5-13(6-8-14)11-28-15-9-23-10-18(24(25)26)22-20(23)29-12-15/h2-8,10,15H,9,11-12H2,1H3/t15-/m0/s1. The molecule has 1 aliphatic heterocycles. The summed E-state index contributed by atoms with van der Waals surface area (Å²) in [5, 5.41) is 11.5. The fourth-order valence-electron chi connectivity index (χ4n) is 3.20. The van der Waals surface area contributed by atoms with E-state index in [2.05, 4.69) is 4.98 Å². The fourth-order valence-corrected chi connectivity index (χ4v) is 3.47. The van der Waals surface area contributed by atoms with Crippen molar-refractivity contribution in [3.05, 3.63) is 69.4 Å². The van der Waals surface area contributed by atoms with E-state index in [1.54, 1.807) is 11.7 Å². The van der Waals surface area contributed by atoms with Crippen molar-refractivity contribution in [2.45, 2.75) is 19.3 Å². The summed E-state index contributed by atoms with van der Waals surface area (Å²) >= 11 is 6.34. The van der Waals surface area contributed by atoms with Gasteiger partial charge in [-0.15, -0.1) is 0 Å². The van der Waals surface area contributed by atoms with E-state index in [-0.39, 0.29) is 17.9 Å². The van der Waals surface area contributed by atoms with Crippen molar-refractivity contribution in [2.75, 3.05) is 13.7 Å². The van der Waals surface area contributed by atoms with Gasteiger partial charge in [0.1, 0.15) is 24.7 Å². The van der Waals surface area contributed by atoms with Crippen LogP contribution in [0.4, 0.5) is 5.82 Å². The smallest absolute Gasteiger partial charge is 0.414 e. The molecule has 0 N–H and O–H groups in total. The fraction of sp³-hybridized carbons (Fsp3) is 0.250. The second-order valence-electron chi connectivity index (χ2n) is 6.55. The second-order valence-corrected chi connectivity index (χ2v) is 6.96. The van der Waals surface area contributed by atoms with Crippen molar-refractivity contribution in [1.29, 1.82) is 0 Å². The SMILES string of the molecule is COc1cccc(Cl)c1-c1ccc(CO[C@@H]2COc3nc([N+](=O)[O-])cn3C2)cc1. The first-order chi connectivity index (χ1) is 14.0. The molecule has 0 amide bonds. The molecule has 0 unspecified atom stereocenters. The molecule has 1 atom stereocenters. The number of hydrogen-bond donors (Lipinski definition) is 0. The van der Waals surface area contributed by atoms with Crippen molar-refractivity contribution in [3.63, 3.8) is 0 Å². The summed E-state index contributed by atoms with van der Waals surface area (Å²) in [7, 11) is 1.61. The van der Waals surface area contributed by atoms with Crippen LogP contribution in [-0.4, -0.2) is 34.3 Å². The van der Waals surface area contributed by atoms with Gasteiger partial charge in [-0.05, 0) is 28.2 Å². The molecule has 1 aromatic heterocycles. The van der Waals surface area contributed by atoms with Crippen molar-refractivity contribution < 1.29 is 19.1 Å². The maximum Gasteiger partial charge on any atom is 0.414 e. The highest BCUT2D eigenvalue weighted by Crippen LogP contribution is 2.36. The van der Waals surface area contributed by atoms with E-state index in [0.717, 1.165) is 16.7 Å². The topological polar surface area (TPSA) is 88.7 Å². The van der Waals surface area contributed by atoms with Crippen LogP contribution in [0.3, 0.4) is 0 Å². The number of nitrogens with zero attached hydrogens (tertiary/aromatic N) is 3. The number of nitro groups is 1. The van der Waals surface area contributed by atoms with Crippen LogP contribution in [-0.2, 0) is 17.9 Å². The van der Waals surface area contributed by atoms with E-state index in [4.69, 9.17) is 25.8 Å². The molecule has 0 radical (unpaired) electrons. The zero-order valence-electron chi connectivity index (χ0n) is 15.6. The number of imidazole rings is 1. The van der Waals surface area contributed by atoms with E-state index in [1.807, 2.05) is 42.5 Å². The predicted molar refractivity (Wildman–Crippen MR) is 106 cm³/mol. The van der Waals surface area contributed by atoms with Crippen LogP contribution in [0.2, 0.25) is 5.02 Å². The van der Waals surface area contributed by atoms with Crippen molar-refractivity contribution >= 4 is 17.4 Å². The quantitative estimate of drug-likeness (QED) is 0.445. The summed E-state index contributed by atoms with van der Waals surface area (Å²) < 4.78 is 18.4. The first-order valence-electron chi connectivity index (χ1n) is 8.93. The predicted octanol–water partition coefficient (Wildman–Crippen LogP) is 4.10. The summed E-state index contributed by atoms with van der Waals surface area (Å²) in [6.45, 7) is 1.13. The maximum atomic E-state index is 10.8. The normalized spacial score (nSPS) is 15.4. The number of halogens is 1. The van der Waals surface area contributed by atoms with Gasteiger partial charge in [0.15, 0.2) is 0 Å². The largest absolute Gasteiger partial charge is 0.496 e. The Morgan fingerprint density at radius 1 is 1.31 bits per heavy atom. The highest BCUT2D eigenvalue weighted by molar-refractivity contribution is 6.33. The summed E-state index contributed by atoms with van der Waals surface area (Å²) in [4.78, 5) is 14.1. The summed E-state index contributed by atoms with van der Waals surface area (Å²) in [6.07, 6.45) is 1.14. The Hall–Kier alpha value is -3.10. The van der Waals surface area contributed by atoms with Gasteiger partial charge in [-0.2, -0.15) is 0 Å². The number of rotatable bonds is 6. The van der Waals surface area contributed by atoms with Crippen LogP contribution in [0, 0.1) is 10.1 Å². The molecule has 0 aliphatic carbocycles. The van der Waals surface area contributed by atoms with E-state index in [1.165, 1.54) is 6.20 Å². The van der Waals surface area contributed by atoms with Gasteiger partial charge in [0.2, 0.25) is 0 Å². The van der Waals surface area contributed by atoms with Crippen LogP contribution in [0.25, 0.3) is 11.1 Å². The lowest BCUT2D eigenvalue weighted by Gasteiger charge is -2.22. The van der Waals surface area contributed by atoms with Crippen molar-refractivity contribution in [1.82, 2.24) is 9.55 Å². The molecule has 29 heavy (non-hydrogen) atoms. The molecular weight excluding hydrogens is 398 g/mol. The number of hydrogen-bond acceptors (Lipinski definition) is 6. The minimum absolute atomic E-state index is 0.223. The van der Waals surface area contributed by atoms with Crippen LogP contribution >= 0.6 is 11.6 Å². The number of fused-ring (bicyclic) bond motifs is 1. The lowest BCUT2D eigenvalue weighted by atomic mass is 10.0. The van der Waals surface area contributed by atoms with Crippen LogP contribution in [0.5, 0.6) is 11.8 Å². The highest BCUT2D eigenvalue weighted by Gasteiger charge is 2.28. The average Bonchev–Trinajstić information content (AvgIpc) is 3.16. The lowest BCUT2D eigenvalue weighted by molar-refractivity contribution is -0.389. The van der Waals surface area contributed by atoms with Gasteiger partial charge in [0.25, 0.3) is 0 Å². The molecule has 4 rings (SSSR count). The Balaban J connectivity index is 1.41. The minimum atomic E-state index is -0.542. The molecule has 1 aliphatic rings. The van der Waals surface area contributed by atoms with Gasteiger partial charge >= 0.3 is 11.8 Å². The van der Waals surface area contributed by atoms with Gasteiger partial charge in [-0.3, -0.25) is 4.57 Å². The molecule has 3 aromatic rings. The minimum Gasteiger partial charge on any atom is -0.496 e. The van der Waals surface area contributed by atoms with E-state index < -0.39 is 4.92 Å². The third kappa shape index (κ3) is 4.03. The summed E-state index contributed by atoms with van der Waals surface area (Å²) in [6, 6.07) is 13.7. The maximum absolute atomic E-state index is 10.8. The summed E-state index contributed by atoms with van der Waals surface area (Å²) in [5.74, 6) is 0.484. The van der Waals surface area contributed by atoms with Crippen LogP contribution in [0.1, 0.15) is 5.56 Å². The Bertz CT molecular complexity index is 1040. The van der Waals surface area contributed by atoms with Crippen LogP contribution in [0.15, 0.2) is 48.7 Å². The zero-order valence-corrected chi connectivity index (χ0v) is 16.3. The number of methoxy groups -OCH3 is 1. The molecule has 0 spiro atoms. The first-order valence-corrected chi connectivity index (χ1v) is 9.30. The Morgan fingerprint density at radius 2 is 2.10 bits per heavy atom. The van der Waals surface area contributed by atoms with E-state index in [9.17, 15) is 10.1 Å². The number of aromatic nitrogens is 2.